The SMILES string of the molecule is COc1cc(CCCN2CCN(c3c(C)cccc3C)CC2)cc(OC)c1OC. The van der Waals surface area contributed by atoms with E-state index in [4.69, 9.17) is 14.2 Å². The molecular formula is C24H34N2O3. The molecule has 0 amide bonds. The van der Waals surface area contributed by atoms with Gasteiger partial charge in [0, 0.05) is 31.9 Å². The fourth-order valence-corrected chi connectivity index (χ4v) is 4.29. The van der Waals surface area contributed by atoms with Crippen molar-refractivity contribution in [2.75, 3.05) is 59.0 Å². The maximum atomic E-state index is 5.47. The van der Waals surface area contributed by atoms with Crippen molar-refractivity contribution >= 4 is 5.69 Å². The van der Waals surface area contributed by atoms with Crippen molar-refractivity contribution in [3.8, 4) is 17.2 Å². The second-order valence-electron chi connectivity index (χ2n) is 7.71. The highest BCUT2D eigenvalue weighted by Crippen LogP contribution is 2.38. The van der Waals surface area contributed by atoms with Crippen LogP contribution in [0.25, 0.3) is 0 Å². The monoisotopic (exact) mass is 398 g/mol. The van der Waals surface area contributed by atoms with E-state index in [2.05, 4.69) is 54.0 Å². The van der Waals surface area contributed by atoms with Crippen LogP contribution in [0.5, 0.6) is 17.2 Å². The summed E-state index contributed by atoms with van der Waals surface area (Å²) in [5, 5.41) is 0. The topological polar surface area (TPSA) is 34.2 Å². The van der Waals surface area contributed by atoms with E-state index >= 15 is 0 Å². The van der Waals surface area contributed by atoms with Crippen LogP contribution in [0.15, 0.2) is 30.3 Å². The van der Waals surface area contributed by atoms with Gasteiger partial charge in [-0.25, -0.2) is 0 Å². The van der Waals surface area contributed by atoms with Gasteiger partial charge in [0.15, 0.2) is 11.5 Å². The standard InChI is InChI=1S/C24H34N2O3/c1-18-8-6-9-19(2)23(18)26-14-12-25(13-15-26)11-7-10-20-16-21(27-3)24(29-5)22(17-20)28-4/h6,8-9,16-17H,7,10-15H2,1-5H3. The molecule has 5 heteroatoms. The minimum atomic E-state index is 0.654. The molecule has 0 aromatic heterocycles. The Balaban J connectivity index is 1.52. The maximum Gasteiger partial charge on any atom is 0.203 e. The summed E-state index contributed by atoms with van der Waals surface area (Å²) in [4.78, 5) is 5.11. The van der Waals surface area contributed by atoms with Crippen molar-refractivity contribution in [1.29, 1.82) is 0 Å². The summed E-state index contributed by atoms with van der Waals surface area (Å²) in [5.74, 6) is 2.11. The molecule has 0 aliphatic carbocycles. The van der Waals surface area contributed by atoms with E-state index in [0.717, 1.165) is 57.1 Å². The minimum Gasteiger partial charge on any atom is -0.493 e. The van der Waals surface area contributed by atoms with Crippen molar-refractivity contribution < 1.29 is 14.2 Å². The molecule has 0 radical (unpaired) electrons. The van der Waals surface area contributed by atoms with Gasteiger partial charge >= 0.3 is 0 Å². The highest BCUT2D eigenvalue weighted by Gasteiger charge is 2.19. The number of aryl methyl sites for hydroxylation is 3. The molecule has 1 fully saturated rings. The van der Waals surface area contributed by atoms with Gasteiger partial charge in [-0.1, -0.05) is 18.2 Å². The molecular weight excluding hydrogens is 364 g/mol. The van der Waals surface area contributed by atoms with Gasteiger partial charge in [0.2, 0.25) is 5.75 Å². The molecule has 0 spiro atoms. The third-order valence-corrected chi connectivity index (χ3v) is 5.79. The fraction of sp³-hybridized carbons (Fsp3) is 0.500. The fourth-order valence-electron chi connectivity index (χ4n) is 4.29. The van der Waals surface area contributed by atoms with E-state index in [9.17, 15) is 0 Å². The third kappa shape index (κ3) is 4.96. The molecule has 158 valence electrons. The lowest BCUT2D eigenvalue weighted by atomic mass is 10.1. The van der Waals surface area contributed by atoms with Crippen LogP contribution < -0.4 is 19.1 Å². The van der Waals surface area contributed by atoms with E-state index in [1.807, 2.05) is 0 Å². The molecule has 2 aromatic rings. The van der Waals surface area contributed by atoms with Gasteiger partial charge in [0.25, 0.3) is 0 Å². The summed E-state index contributed by atoms with van der Waals surface area (Å²) in [7, 11) is 4.96. The Labute approximate surface area is 175 Å². The third-order valence-electron chi connectivity index (χ3n) is 5.79. The largest absolute Gasteiger partial charge is 0.493 e. The molecule has 3 rings (SSSR count). The van der Waals surface area contributed by atoms with Crippen molar-refractivity contribution in [2.24, 2.45) is 0 Å². The molecule has 0 saturated carbocycles. The van der Waals surface area contributed by atoms with E-state index in [-0.39, 0.29) is 0 Å². The van der Waals surface area contributed by atoms with Crippen molar-refractivity contribution in [2.45, 2.75) is 26.7 Å². The molecule has 0 N–H and O–H groups in total. The second kappa shape index (κ2) is 9.88. The van der Waals surface area contributed by atoms with Gasteiger partial charge in [-0.2, -0.15) is 0 Å². The summed E-state index contributed by atoms with van der Waals surface area (Å²) in [6, 6.07) is 10.7. The Kier molecular flexibility index (Phi) is 7.26. The maximum absolute atomic E-state index is 5.47. The zero-order chi connectivity index (χ0) is 20.8. The number of nitrogens with zero attached hydrogens (tertiary/aromatic N) is 2. The lowest BCUT2D eigenvalue weighted by Gasteiger charge is -2.37. The Morgan fingerprint density at radius 1 is 0.828 bits per heavy atom. The van der Waals surface area contributed by atoms with Gasteiger partial charge in [0.05, 0.1) is 21.3 Å². The number of methoxy groups -OCH3 is 3. The van der Waals surface area contributed by atoms with Crippen LogP contribution in [0, 0.1) is 13.8 Å². The summed E-state index contributed by atoms with van der Waals surface area (Å²) in [6.45, 7) is 9.95. The van der Waals surface area contributed by atoms with Gasteiger partial charge in [-0.05, 0) is 62.1 Å². The molecule has 1 saturated heterocycles. The Bertz CT molecular complexity index is 769. The van der Waals surface area contributed by atoms with Crippen molar-refractivity contribution in [3.63, 3.8) is 0 Å². The van der Waals surface area contributed by atoms with Crippen molar-refractivity contribution in [3.05, 3.63) is 47.0 Å². The molecule has 2 aromatic carbocycles. The van der Waals surface area contributed by atoms with Gasteiger partial charge in [-0.3, -0.25) is 4.90 Å². The Hall–Kier alpha value is -2.40. The zero-order valence-corrected chi connectivity index (χ0v) is 18.5. The van der Waals surface area contributed by atoms with Crippen LogP contribution in [-0.4, -0.2) is 59.0 Å². The van der Waals surface area contributed by atoms with Crippen LogP contribution in [-0.2, 0) is 6.42 Å². The number of piperazine rings is 1. The molecule has 0 atom stereocenters. The number of ether oxygens (including phenoxy) is 3. The number of anilines is 1. The zero-order valence-electron chi connectivity index (χ0n) is 18.5. The number of benzene rings is 2. The number of hydrogen-bond acceptors (Lipinski definition) is 5. The van der Waals surface area contributed by atoms with E-state index in [1.54, 1.807) is 21.3 Å². The first-order chi connectivity index (χ1) is 14.1. The molecule has 0 bridgehead atoms. The van der Waals surface area contributed by atoms with Gasteiger partial charge in [-0.15, -0.1) is 0 Å². The van der Waals surface area contributed by atoms with Crippen LogP contribution in [0.1, 0.15) is 23.1 Å². The van der Waals surface area contributed by atoms with Crippen LogP contribution in [0.2, 0.25) is 0 Å². The van der Waals surface area contributed by atoms with Crippen LogP contribution >= 0.6 is 0 Å². The molecule has 1 aliphatic rings. The lowest BCUT2D eigenvalue weighted by molar-refractivity contribution is 0.255. The molecule has 29 heavy (non-hydrogen) atoms. The van der Waals surface area contributed by atoms with Crippen molar-refractivity contribution in [1.82, 2.24) is 4.90 Å². The lowest BCUT2D eigenvalue weighted by Crippen LogP contribution is -2.47. The smallest absolute Gasteiger partial charge is 0.203 e. The first-order valence-corrected chi connectivity index (χ1v) is 10.4. The van der Waals surface area contributed by atoms with Gasteiger partial charge < -0.3 is 19.1 Å². The van der Waals surface area contributed by atoms with Crippen LogP contribution in [0.4, 0.5) is 5.69 Å². The summed E-state index contributed by atoms with van der Waals surface area (Å²) < 4.78 is 16.3. The highest BCUT2D eigenvalue weighted by molar-refractivity contribution is 5.59. The average molecular weight is 399 g/mol. The summed E-state index contributed by atoms with van der Waals surface area (Å²) in [6.07, 6.45) is 2.11. The van der Waals surface area contributed by atoms with Gasteiger partial charge in [0.1, 0.15) is 0 Å². The Morgan fingerprint density at radius 3 is 1.93 bits per heavy atom. The molecule has 5 nitrogen and oxygen atoms in total. The van der Waals surface area contributed by atoms with E-state index in [1.165, 1.54) is 22.4 Å². The minimum absolute atomic E-state index is 0.654. The predicted octanol–water partition coefficient (Wildman–Crippen LogP) is 4.08. The molecule has 0 unspecified atom stereocenters. The van der Waals surface area contributed by atoms with E-state index in [0.29, 0.717) is 5.75 Å². The predicted molar refractivity (Wildman–Crippen MR) is 119 cm³/mol. The van der Waals surface area contributed by atoms with E-state index < -0.39 is 0 Å². The quantitative estimate of drug-likeness (QED) is 0.669. The number of hydrogen-bond donors (Lipinski definition) is 0. The number of rotatable bonds is 8. The first-order valence-electron chi connectivity index (χ1n) is 10.4. The summed E-state index contributed by atoms with van der Waals surface area (Å²) >= 11 is 0. The number of para-hydroxylation sites is 1. The molecule has 1 heterocycles. The highest BCUT2D eigenvalue weighted by atomic mass is 16.5. The Morgan fingerprint density at radius 2 is 1.41 bits per heavy atom. The average Bonchev–Trinajstić information content (AvgIpc) is 2.74. The first kappa shape index (κ1) is 21.3. The second-order valence-corrected chi connectivity index (χ2v) is 7.71. The summed E-state index contributed by atoms with van der Waals surface area (Å²) in [5.41, 5.74) is 5.39. The normalized spacial score (nSPS) is 14.7. The molecule has 1 aliphatic heterocycles. The van der Waals surface area contributed by atoms with Crippen LogP contribution in [0.3, 0.4) is 0 Å².